The van der Waals surface area contributed by atoms with Crippen LogP contribution in [0.4, 0.5) is 0 Å². The second-order valence-electron chi connectivity index (χ2n) is 4.18. The summed E-state index contributed by atoms with van der Waals surface area (Å²) >= 11 is 0. The van der Waals surface area contributed by atoms with Gasteiger partial charge in [0.25, 0.3) is 0 Å². The first kappa shape index (κ1) is 16.9. The molecule has 5 heteroatoms. The molecular weight excluding hydrogens is 254 g/mol. The number of nitrogens with two attached hydrogens (primary N) is 1. The summed E-state index contributed by atoms with van der Waals surface area (Å²) in [4.78, 5) is 0. The summed E-state index contributed by atoms with van der Waals surface area (Å²) in [6.07, 6.45) is 0.967. The van der Waals surface area contributed by atoms with E-state index >= 15 is 0 Å². The Kier molecular flexibility index (Phi) is 6.88. The minimum atomic E-state index is -0.175. The van der Waals surface area contributed by atoms with Gasteiger partial charge in [-0.15, -0.1) is 12.4 Å². The molecule has 1 aromatic rings. The van der Waals surface area contributed by atoms with Gasteiger partial charge < -0.3 is 20.3 Å². The first-order valence-electron chi connectivity index (χ1n) is 5.75. The Balaban J connectivity index is 0.00000289. The maximum atomic E-state index is 9.56. The Morgan fingerprint density at radius 3 is 2.00 bits per heavy atom. The van der Waals surface area contributed by atoms with Crippen LogP contribution in [-0.2, 0) is 0 Å². The van der Waals surface area contributed by atoms with E-state index in [1.807, 2.05) is 0 Å². The summed E-state index contributed by atoms with van der Waals surface area (Å²) in [6.45, 7) is 4.17. The quantitative estimate of drug-likeness (QED) is 0.867. The predicted octanol–water partition coefficient (Wildman–Crippen LogP) is 2.88. The molecule has 1 rings (SSSR count). The van der Waals surface area contributed by atoms with E-state index in [-0.39, 0.29) is 24.2 Å². The van der Waals surface area contributed by atoms with Gasteiger partial charge in [-0.05, 0) is 5.92 Å². The zero-order valence-electron chi connectivity index (χ0n) is 11.3. The topological polar surface area (TPSA) is 64.7 Å². The van der Waals surface area contributed by atoms with E-state index < -0.39 is 0 Å². The lowest BCUT2D eigenvalue weighted by Gasteiger charge is -2.23. The van der Waals surface area contributed by atoms with Gasteiger partial charge >= 0.3 is 0 Å². The van der Waals surface area contributed by atoms with E-state index in [1.54, 1.807) is 26.4 Å². The Morgan fingerprint density at radius 1 is 1.22 bits per heavy atom. The summed E-state index contributed by atoms with van der Waals surface area (Å²) in [6, 6.07) is 2.94. The highest BCUT2D eigenvalue weighted by Gasteiger charge is 2.22. The number of aromatic hydroxyl groups is 1. The lowest BCUT2D eigenvalue weighted by Crippen LogP contribution is -2.20. The van der Waals surface area contributed by atoms with E-state index in [9.17, 15) is 5.11 Å². The van der Waals surface area contributed by atoms with Gasteiger partial charge in [-0.2, -0.15) is 0 Å². The summed E-state index contributed by atoms with van der Waals surface area (Å²) < 4.78 is 10.5. The number of methoxy groups -OCH3 is 2. The van der Waals surface area contributed by atoms with Crippen LogP contribution in [0, 0.1) is 5.92 Å². The van der Waals surface area contributed by atoms with E-state index in [4.69, 9.17) is 15.2 Å². The van der Waals surface area contributed by atoms with Crippen LogP contribution in [0.5, 0.6) is 17.2 Å². The largest absolute Gasteiger partial charge is 0.508 e. The Labute approximate surface area is 115 Å². The standard InChI is InChI=1S/C13H21NO3.ClH/c1-5-8(2)13(14)12-10(16-3)6-9(15)7-11(12)17-4;/h6-8,13,15H,5,14H2,1-4H3;1H/t8?,13-;/m0./s1. The van der Waals surface area contributed by atoms with Gasteiger partial charge in [0.1, 0.15) is 17.2 Å². The van der Waals surface area contributed by atoms with Gasteiger partial charge in [0.15, 0.2) is 0 Å². The molecule has 2 atom stereocenters. The highest BCUT2D eigenvalue weighted by molar-refractivity contribution is 5.85. The molecule has 0 saturated carbocycles. The van der Waals surface area contributed by atoms with Crippen LogP contribution < -0.4 is 15.2 Å². The fourth-order valence-corrected chi connectivity index (χ4v) is 1.79. The lowest BCUT2D eigenvalue weighted by molar-refractivity contribution is 0.354. The van der Waals surface area contributed by atoms with Crippen molar-refractivity contribution in [1.82, 2.24) is 0 Å². The second-order valence-corrected chi connectivity index (χ2v) is 4.18. The highest BCUT2D eigenvalue weighted by atomic mass is 35.5. The number of hydrogen-bond acceptors (Lipinski definition) is 4. The minimum absolute atomic E-state index is 0. The molecule has 0 spiro atoms. The van der Waals surface area contributed by atoms with Gasteiger partial charge in [0, 0.05) is 18.2 Å². The fourth-order valence-electron chi connectivity index (χ4n) is 1.79. The molecule has 0 heterocycles. The zero-order chi connectivity index (χ0) is 13.0. The molecule has 18 heavy (non-hydrogen) atoms. The maximum absolute atomic E-state index is 9.56. The van der Waals surface area contributed by atoms with Gasteiger partial charge in [0.05, 0.1) is 19.8 Å². The monoisotopic (exact) mass is 275 g/mol. The first-order chi connectivity index (χ1) is 8.04. The highest BCUT2D eigenvalue weighted by Crippen LogP contribution is 2.39. The van der Waals surface area contributed by atoms with E-state index in [0.29, 0.717) is 17.4 Å². The predicted molar refractivity (Wildman–Crippen MR) is 74.8 cm³/mol. The Bertz CT molecular complexity index is 359. The smallest absolute Gasteiger partial charge is 0.131 e. The number of phenolic OH excluding ortho intramolecular Hbond substituents is 1. The molecule has 3 N–H and O–H groups in total. The minimum Gasteiger partial charge on any atom is -0.508 e. The molecule has 0 aromatic heterocycles. The Morgan fingerprint density at radius 2 is 1.67 bits per heavy atom. The number of hydrogen-bond donors (Lipinski definition) is 2. The average Bonchev–Trinajstić information content (AvgIpc) is 2.35. The second kappa shape index (κ2) is 7.34. The zero-order valence-corrected chi connectivity index (χ0v) is 12.1. The van der Waals surface area contributed by atoms with Gasteiger partial charge in [-0.25, -0.2) is 0 Å². The maximum Gasteiger partial charge on any atom is 0.131 e. The number of benzene rings is 1. The molecule has 0 aliphatic heterocycles. The first-order valence-corrected chi connectivity index (χ1v) is 5.75. The Hall–Kier alpha value is -1.13. The van der Waals surface area contributed by atoms with E-state index in [1.165, 1.54) is 0 Å². The molecule has 0 saturated heterocycles. The van der Waals surface area contributed by atoms with Gasteiger partial charge in [0.2, 0.25) is 0 Å². The van der Waals surface area contributed by atoms with Crippen molar-refractivity contribution in [3.8, 4) is 17.2 Å². The summed E-state index contributed by atoms with van der Waals surface area (Å²) in [5.74, 6) is 1.55. The van der Waals surface area contributed by atoms with Crippen molar-refractivity contribution < 1.29 is 14.6 Å². The third-order valence-corrected chi connectivity index (χ3v) is 3.12. The van der Waals surface area contributed by atoms with Crippen molar-refractivity contribution >= 4 is 12.4 Å². The summed E-state index contributed by atoms with van der Waals surface area (Å²) in [7, 11) is 3.11. The van der Waals surface area contributed by atoms with Crippen LogP contribution in [0.2, 0.25) is 0 Å². The van der Waals surface area contributed by atoms with Crippen LogP contribution in [-0.4, -0.2) is 19.3 Å². The number of rotatable bonds is 5. The molecule has 4 nitrogen and oxygen atoms in total. The molecule has 1 aromatic carbocycles. The normalized spacial score (nSPS) is 13.4. The van der Waals surface area contributed by atoms with Crippen molar-refractivity contribution in [3.63, 3.8) is 0 Å². The van der Waals surface area contributed by atoms with Crippen LogP contribution in [0.1, 0.15) is 31.9 Å². The summed E-state index contributed by atoms with van der Waals surface area (Å²) in [5, 5.41) is 9.56. The van der Waals surface area contributed by atoms with Crippen molar-refractivity contribution in [2.75, 3.05) is 14.2 Å². The van der Waals surface area contributed by atoms with Crippen molar-refractivity contribution in [2.45, 2.75) is 26.3 Å². The molecule has 0 bridgehead atoms. The molecule has 104 valence electrons. The number of halogens is 1. The fraction of sp³-hybridized carbons (Fsp3) is 0.538. The molecule has 0 radical (unpaired) electrons. The van der Waals surface area contributed by atoms with Crippen molar-refractivity contribution in [1.29, 1.82) is 0 Å². The SMILES string of the molecule is CCC(C)[C@H](N)c1c(OC)cc(O)cc1OC.Cl. The van der Waals surface area contributed by atoms with Crippen molar-refractivity contribution in [3.05, 3.63) is 17.7 Å². The van der Waals surface area contributed by atoms with E-state index in [0.717, 1.165) is 12.0 Å². The molecule has 0 aliphatic carbocycles. The third-order valence-electron chi connectivity index (χ3n) is 3.12. The van der Waals surface area contributed by atoms with Crippen LogP contribution in [0.25, 0.3) is 0 Å². The van der Waals surface area contributed by atoms with Crippen molar-refractivity contribution in [2.24, 2.45) is 11.7 Å². The molecule has 1 unspecified atom stereocenters. The van der Waals surface area contributed by atoms with Gasteiger partial charge in [-0.1, -0.05) is 20.3 Å². The van der Waals surface area contributed by atoms with Crippen LogP contribution in [0.3, 0.4) is 0 Å². The molecule has 0 fully saturated rings. The number of phenols is 1. The summed E-state index contributed by atoms with van der Waals surface area (Å²) in [5.41, 5.74) is 7.02. The average molecular weight is 276 g/mol. The van der Waals surface area contributed by atoms with Crippen LogP contribution in [0.15, 0.2) is 12.1 Å². The van der Waals surface area contributed by atoms with E-state index in [2.05, 4.69) is 13.8 Å². The lowest BCUT2D eigenvalue weighted by atomic mass is 9.92. The molecule has 0 aliphatic rings. The molecule has 0 amide bonds. The third kappa shape index (κ3) is 3.43. The molecular formula is C13H22ClNO3. The van der Waals surface area contributed by atoms with Crippen LogP contribution >= 0.6 is 12.4 Å². The number of ether oxygens (including phenoxy) is 2. The van der Waals surface area contributed by atoms with Gasteiger partial charge in [-0.3, -0.25) is 0 Å².